The van der Waals surface area contributed by atoms with E-state index in [1.54, 1.807) is 0 Å². The van der Waals surface area contributed by atoms with Crippen molar-refractivity contribution in [2.75, 3.05) is 10.7 Å². The molecule has 6 nitrogen and oxygen atoms in total. The van der Waals surface area contributed by atoms with Crippen LogP contribution in [0.1, 0.15) is 31.5 Å². The molecule has 0 aromatic carbocycles. The van der Waals surface area contributed by atoms with E-state index in [1.807, 2.05) is 0 Å². The number of aliphatic hydroxyl groups is 1. The number of anilines is 2. The minimum atomic E-state index is -4.63. The Morgan fingerprint density at radius 1 is 1.15 bits per heavy atom. The third-order valence-corrected chi connectivity index (χ3v) is 3.18. The number of aromatic nitrogens is 2. The summed E-state index contributed by atoms with van der Waals surface area (Å²) >= 11 is 0. The maximum atomic E-state index is 12.7. The highest BCUT2D eigenvalue weighted by Crippen LogP contribution is 2.29. The molecule has 1 saturated carbocycles. The van der Waals surface area contributed by atoms with Crippen molar-refractivity contribution in [3.8, 4) is 0 Å². The van der Waals surface area contributed by atoms with Crippen LogP contribution in [-0.4, -0.2) is 27.2 Å². The van der Waals surface area contributed by atoms with Crippen LogP contribution in [-0.2, 0) is 6.18 Å². The number of nitrogens with two attached hydrogens (primary N) is 1. The van der Waals surface area contributed by atoms with Gasteiger partial charge in [0.1, 0.15) is 11.6 Å². The molecule has 0 bridgehead atoms. The Balaban J connectivity index is 2.14. The van der Waals surface area contributed by atoms with Gasteiger partial charge >= 0.3 is 6.18 Å². The first-order valence-corrected chi connectivity index (χ1v) is 6.26. The molecule has 1 aliphatic carbocycles. The maximum absolute atomic E-state index is 12.7. The minimum absolute atomic E-state index is 0.0139. The van der Waals surface area contributed by atoms with Crippen LogP contribution in [0.2, 0.25) is 0 Å². The second kappa shape index (κ2) is 5.80. The summed E-state index contributed by atoms with van der Waals surface area (Å²) < 4.78 is 38.0. The maximum Gasteiger partial charge on any atom is 0.451 e. The highest BCUT2D eigenvalue weighted by Gasteiger charge is 2.35. The predicted molar refractivity (Wildman–Crippen MR) is 66.7 cm³/mol. The SMILES string of the molecule is NNc1cc(NC2CCC(O)CC2)nc(C(F)(F)F)n1. The fraction of sp³-hybridized carbons (Fsp3) is 0.636. The van der Waals surface area contributed by atoms with Gasteiger partial charge in [-0.3, -0.25) is 0 Å². The monoisotopic (exact) mass is 291 g/mol. The number of rotatable bonds is 3. The highest BCUT2D eigenvalue weighted by atomic mass is 19.4. The zero-order chi connectivity index (χ0) is 14.8. The number of nitrogen functional groups attached to an aromatic ring is 1. The van der Waals surface area contributed by atoms with E-state index >= 15 is 0 Å². The smallest absolute Gasteiger partial charge is 0.393 e. The van der Waals surface area contributed by atoms with Crippen LogP contribution < -0.4 is 16.6 Å². The molecule has 1 heterocycles. The summed E-state index contributed by atoms with van der Waals surface area (Å²) in [6, 6.07) is 1.31. The van der Waals surface area contributed by atoms with Crippen molar-refractivity contribution >= 4 is 11.6 Å². The van der Waals surface area contributed by atoms with Crippen molar-refractivity contribution in [3.05, 3.63) is 11.9 Å². The third kappa shape index (κ3) is 3.70. The van der Waals surface area contributed by atoms with Crippen molar-refractivity contribution in [2.45, 2.75) is 44.0 Å². The van der Waals surface area contributed by atoms with Crippen molar-refractivity contribution in [3.63, 3.8) is 0 Å². The average Bonchev–Trinajstić information content (AvgIpc) is 2.40. The van der Waals surface area contributed by atoms with Gasteiger partial charge in [0.15, 0.2) is 0 Å². The largest absolute Gasteiger partial charge is 0.451 e. The molecule has 1 aliphatic rings. The second-order valence-corrected chi connectivity index (χ2v) is 4.75. The number of halogens is 3. The van der Waals surface area contributed by atoms with Gasteiger partial charge < -0.3 is 15.8 Å². The Morgan fingerprint density at radius 2 is 1.75 bits per heavy atom. The van der Waals surface area contributed by atoms with E-state index in [9.17, 15) is 18.3 Å². The van der Waals surface area contributed by atoms with Crippen molar-refractivity contribution < 1.29 is 18.3 Å². The Labute approximate surface area is 113 Å². The molecule has 1 fully saturated rings. The second-order valence-electron chi connectivity index (χ2n) is 4.75. The van der Waals surface area contributed by atoms with E-state index in [0.29, 0.717) is 25.7 Å². The number of nitrogens with one attached hydrogen (secondary N) is 2. The van der Waals surface area contributed by atoms with Gasteiger partial charge in [-0.2, -0.15) is 13.2 Å². The first-order chi connectivity index (χ1) is 9.38. The summed E-state index contributed by atoms with van der Waals surface area (Å²) in [4.78, 5) is 6.74. The molecule has 5 N–H and O–H groups in total. The lowest BCUT2D eigenvalue weighted by atomic mass is 9.93. The molecule has 0 saturated heterocycles. The van der Waals surface area contributed by atoms with Gasteiger partial charge in [-0.1, -0.05) is 0 Å². The van der Waals surface area contributed by atoms with Gasteiger partial charge in [-0.05, 0) is 25.7 Å². The van der Waals surface area contributed by atoms with Gasteiger partial charge in [0.2, 0.25) is 5.82 Å². The number of hydrogen-bond donors (Lipinski definition) is 4. The summed E-state index contributed by atoms with van der Waals surface area (Å²) in [5.74, 6) is 3.83. The zero-order valence-corrected chi connectivity index (χ0v) is 10.6. The van der Waals surface area contributed by atoms with Gasteiger partial charge in [0.05, 0.1) is 6.10 Å². The van der Waals surface area contributed by atoms with Gasteiger partial charge in [0.25, 0.3) is 0 Å². The highest BCUT2D eigenvalue weighted by molar-refractivity contribution is 5.47. The molecular formula is C11H16F3N5O. The summed E-state index contributed by atoms with van der Waals surface area (Å²) in [7, 11) is 0. The quantitative estimate of drug-likeness (QED) is 0.498. The topological polar surface area (TPSA) is 96.1 Å². The number of nitrogens with zero attached hydrogens (tertiary/aromatic N) is 2. The third-order valence-electron chi connectivity index (χ3n) is 3.18. The normalized spacial score (nSPS) is 23.4. The van der Waals surface area contributed by atoms with E-state index in [4.69, 9.17) is 5.84 Å². The standard InChI is InChI=1S/C11H16F3N5O/c12-11(13,14)10-17-8(5-9(18-10)19-15)16-6-1-3-7(20)4-2-6/h5-7,20H,1-4,15H2,(H2,16,17,18,19). The molecule has 0 aliphatic heterocycles. The number of aliphatic hydroxyl groups excluding tert-OH is 1. The Bertz CT molecular complexity index is 460. The Hall–Kier alpha value is -1.61. The van der Waals surface area contributed by atoms with Crippen LogP contribution in [0.3, 0.4) is 0 Å². The minimum Gasteiger partial charge on any atom is -0.393 e. The van der Waals surface area contributed by atoms with Crippen molar-refractivity contribution in [1.82, 2.24) is 9.97 Å². The van der Waals surface area contributed by atoms with Crippen LogP contribution >= 0.6 is 0 Å². The molecule has 0 radical (unpaired) electrons. The van der Waals surface area contributed by atoms with Crippen molar-refractivity contribution in [1.29, 1.82) is 0 Å². The van der Waals surface area contributed by atoms with E-state index in [-0.39, 0.29) is 23.8 Å². The fourth-order valence-electron chi connectivity index (χ4n) is 2.15. The molecular weight excluding hydrogens is 275 g/mol. The molecule has 1 aromatic rings. The summed E-state index contributed by atoms with van der Waals surface area (Å²) in [6.07, 6.45) is -2.36. The number of alkyl halides is 3. The predicted octanol–water partition coefficient (Wildman–Crippen LogP) is 1.50. The van der Waals surface area contributed by atoms with E-state index in [1.165, 1.54) is 6.07 Å². The van der Waals surface area contributed by atoms with Crippen LogP contribution in [0.25, 0.3) is 0 Å². The van der Waals surface area contributed by atoms with Crippen LogP contribution in [0, 0.1) is 0 Å². The molecule has 1 aromatic heterocycles. The lowest BCUT2D eigenvalue weighted by Gasteiger charge is -2.26. The van der Waals surface area contributed by atoms with E-state index in [0.717, 1.165) is 0 Å². The van der Waals surface area contributed by atoms with E-state index in [2.05, 4.69) is 20.7 Å². The molecule has 0 amide bonds. The lowest BCUT2D eigenvalue weighted by molar-refractivity contribution is -0.144. The van der Waals surface area contributed by atoms with Crippen LogP contribution in [0.4, 0.5) is 24.8 Å². The molecule has 0 spiro atoms. The molecule has 9 heteroatoms. The van der Waals surface area contributed by atoms with Crippen LogP contribution in [0.5, 0.6) is 0 Å². The van der Waals surface area contributed by atoms with Gasteiger partial charge in [0, 0.05) is 12.1 Å². The molecule has 20 heavy (non-hydrogen) atoms. The number of hydrogen-bond acceptors (Lipinski definition) is 6. The Kier molecular flexibility index (Phi) is 4.29. The summed E-state index contributed by atoms with van der Waals surface area (Å²) in [6.45, 7) is 0. The average molecular weight is 291 g/mol. The molecule has 112 valence electrons. The van der Waals surface area contributed by atoms with Crippen molar-refractivity contribution in [2.24, 2.45) is 5.84 Å². The Morgan fingerprint density at radius 3 is 2.30 bits per heavy atom. The lowest BCUT2D eigenvalue weighted by Crippen LogP contribution is -2.29. The first kappa shape index (κ1) is 14.8. The van der Waals surface area contributed by atoms with Crippen LogP contribution in [0.15, 0.2) is 6.07 Å². The van der Waals surface area contributed by atoms with E-state index < -0.39 is 12.0 Å². The molecule has 2 rings (SSSR count). The summed E-state index contributed by atoms with van der Waals surface area (Å²) in [5.41, 5.74) is 2.09. The fourth-order valence-corrected chi connectivity index (χ4v) is 2.15. The zero-order valence-electron chi connectivity index (χ0n) is 10.6. The first-order valence-electron chi connectivity index (χ1n) is 6.26. The molecule has 0 atom stereocenters. The summed E-state index contributed by atoms with van der Waals surface area (Å²) in [5, 5.41) is 12.3. The number of hydrazine groups is 1. The molecule has 0 unspecified atom stereocenters. The van der Waals surface area contributed by atoms with Gasteiger partial charge in [-0.25, -0.2) is 15.8 Å². The van der Waals surface area contributed by atoms with Gasteiger partial charge in [-0.15, -0.1) is 0 Å².